The Balaban J connectivity index is 0.00000141. The molecule has 0 unspecified atom stereocenters. The maximum absolute atomic E-state index is 12.7. The summed E-state index contributed by atoms with van der Waals surface area (Å²) >= 11 is 0. The highest BCUT2D eigenvalue weighted by Gasteiger charge is 2.37. The van der Waals surface area contributed by atoms with E-state index in [0.717, 1.165) is 37.9 Å². The van der Waals surface area contributed by atoms with Gasteiger partial charge >= 0.3 is 6.03 Å². The van der Waals surface area contributed by atoms with Crippen LogP contribution in [-0.2, 0) is 4.74 Å². The van der Waals surface area contributed by atoms with Crippen molar-refractivity contribution in [2.75, 3.05) is 19.7 Å². The summed E-state index contributed by atoms with van der Waals surface area (Å²) in [4.78, 5) is 14.7. The quantitative estimate of drug-likeness (QED) is 0.627. The van der Waals surface area contributed by atoms with Crippen molar-refractivity contribution in [1.29, 1.82) is 0 Å². The molecular weight excluding hydrogens is 400 g/mol. The van der Waals surface area contributed by atoms with Crippen molar-refractivity contribution in [2.45, 2.75) is 83.3 Å². The smallest absolute Gasteiger partial charge is 0.317 e. The fourth-order valence-electron chi connectivity index (χ4n) is 5.13. The van der Waals surface area contributed by atoms with E-state index in [2.05, 4.69) is 45.8 Å². The fraction of sp³-hybridized carbons (Fsp3) is 0.615. The van der Waals surface area contributed by atoms with Gasteiger partial charge in [-0.1, -0.05) is 44.2 Å². The largest absolute Gasteiger partial charge is 0.376 e. The predicted octanol–water partition coefficient (Wildman–Crippen LogP) is 5.46. The average Bonchev–Trinajstić information content (AvgIpc) is 3.40. The third kappa shape index (κ3) is 6.12. The highest BCUT2D eigenvalue weighted by molar-refractivity contribution is 5.74. The van der Waals surface area contributed by atoms with E-state index in [1.165, 1.54) is 18.4 Å². The summed E-state index contributed by atoms with van der Waals surface area (Å²) in [5.41, 5.74) is 2.55. The molecule has 2 fully saturated rings. The summed E-state index contributed by atoms with van der Waals surface area (Å²) in [6.07, 6.45) is 8.64. The van der Waals surface area contributed by atoms with Gasteiger partial charge in [0.25, 0.3) is 0 Å². The molecule has 1 aliphatic carbocycles. The lowest BCUT2D eigenvalue weighted by Crippen LogP contribution is -2.53. The van der Waals surface area contributed by atoms with E-state index < -0.39 is 0 Å². The molecule has 1 aliphatic heterocycles. The van der Waals surface area contributed by atoms with Crippen molar-refractivity contribution in [1.82, 2.24) is 20.4 Å². The molecule has 2 N–H and O–H groups in total. The summed E-state index contributed by atoms with van der Waals surface area (Å²) in [6.45, 7) is 7.97. The van der Waals surface area contributed by atoms with Gasteiger partial charge in [0, 0.05) is 30.9 Å². The van der Waals surface area contributed by atoms with Crippen LogP contribution in [-0.4, -0.2) is 53.0 Å². The molecule has 2 heterocycles. The van der Waals surface area contributed by atoms with Gasteiger partial charge in [-0.25, -0.2) is 4.79 Å². The molecule has 1 saturated carbocycles. The van der Waals surface area contributed by atoms with Gasteiger partial charge in [-0.2, -0.15) is 5.10 Å². The first-order chi connectivity index (χ1) is 15.8. The Kier molecular flexibility index (Phi) is 9.60. The van der Waals surface area contributed by atoms with Crippen LogP contribution >= 0.6 is 0 Å². The van der Waals surface area contributed by atoms with Gasteiger partial charge in [-0.15, -0.1) is 0 Å². The number of ether oxygens (including phenoxy) is 1. The minimum absolute atomic E-state index is 0.0168. The Morgan fingerprint density at radius 3 is 2.53 bits per heavy atom. The molecule has 1 aromatic carbocycles. The number of aromatic amines is 1. The van der Waals surface area contributed by atoms with Gasteiger partial charge in [0.15, 0.2) is 0 Å². The number of carbonyl (C=O) groups is 1. The minimum atomic E-state index is 0.0168. The number of carbonyl (C=O) groups excluding carboxylic acids is 1. The SMILES string of the molecule is CC.CCNC(=O)N1CCC[C@H](c2ccn[nH]2)[C@@H]1COC1CCC(c2ccccc2)CC1. The van der Waals surface area contributed by atoms with Crippen molar-refractivity contribution in [2.24, 2.45) is 0 Å². The minimum Gasteiger partial charge on any atom is -0.376 e. The second-order valence-corrected chi connectivity index (χ2v) is 8.57. The van der Waals surface area contributed by atoms with Crippen molar-refractivity contribution in [3.63, 3.8) is 0 Å². The Labute approximate surface area is 193 Å². The van der Waals surface area contributed by atoms with Crippen LogP contribution in [0.15, 0.2) is 42.6 Å². The molecule has 176 valence electrons. The molecule has 2 amide bonds. The molecule has 2 aliphatic rings. The van der Waals surface area contributed by atoms with Gasteiger partial charge in [0.05, 0.1) is 18.8 Å². The Morgan fingerprint density at radius 2 is 1.88 bits per heavy atom. The summed E-state index contributed by atoms with van der Waals surface area (Å²) < 4.78 is 6.44. The molecule has 1 aromatic heterocycles. The number of hydrogen-bond donors (Lipinski definition) is 2. The fourth-order valence-corrected chi connectivity index (χ4v) is 5.13. The second-order valence-electron chi connectivity index (χ2n) is 8.57. The number of urea groups is 1. The number of amides is 2. The molecule has 0 spiro atoms. The number of nitrogens with zero attached hydrogens (tertiary/aromatic N) is 2. The molecule has 2 atom stereocenters. The first-order valence-electron chi connectivity index (χ1n) is 12.5. The topological polar surface area (TPSA) is 70.2 Å². The van der Waals surface area contributed by atoms with E-state index in [0.29, 0.717) is 19.1 Å². The van der Waals surface area contributed by atoms with Crippen molar-refractivity contribution >= 4 is 6.03 Å². The Bertz CT molecular complexity index is 772. The molecule has 32 heavy (non-hydrogen) atoms. The van der Waals surface area contributed by atoms with Gasteiger partial charge in [0.1, 0.15) is 0 Å². The number of rotatable bonds is 6. The number of nitrogens with one attached hydrogen (secondary N) is 2. The van der Waals surface area contributed by atoms with Crippen LogP contribution in [0.5, 0.6) is 0 Å². The lowest BCUT2D eigenvalue weighted by Gasteiger charge is -2.41. The first kappa shape index (κ1) is 24.3. The van der Waals surface area contributed by atoms with E-state index >= 15 is 0 Å². The highest BCUT2D eigenvalue weighted by Crippen LogP contribution is 2.36. The van der Waals surface area contributed by atoms with E-state index in [9.17, 15) is 4.79 Å². The molecule has 0 bridgehead atoms. The summed E-state index contributed by atoms with van der Waals surface area (Å²) in [5, 5.41) is 10.2. The summed E-state index contributed by atoms with van der Waals surface area (Å²) in [5.74, 6) is 0.884. The van der Waals surface area contributed by atoms with Crippen molar-refractivity contribution < 1.29 is 9.53 Å². The molecule has 6 heteroatoms. The lowest BCUT2D eigenvalue weighted by molar-refractivity contribution is -0.0170. The molecule has 1 saturated heterocycles. The standard InChI is InChI=1S/C24H34N4O2.C2H6/c1-2-25-24(29)28-16-6-9-21(22-14-15-26-27-22)23(28)17-30-20-12-10-19(11-13-20)18-7-4-3-5-8-18;1-2/h3-5,7-8,14-15,19-21,23H,2,6,9-13,16-17H2,1H3,(H,25,29)(H,26,27);1-2H3/t19?,20?,21-,23+;/m1./s1. The Hall–Kier alpha value is -2.34. The highest BCUT2D eigenvalue weighted by atomic mass is 16.5. The third-order valence-corrected chi connectivity index (χ3v) is 6.74. The first-order valence-corrected chi connectivity index (χ1v) is 12.5. The number of H-pyrrole nitrogens is 1. The molecular formula is C26H40N4O2. The van der Waals surface area contributed by atoms with E-state index in [1.54, 1.807) is 6.20 Å². The van der Waals surface area contributed by atoms with E-state index in [1.807, 2.05) is 31.7 Å². The average molecular weight is 441 g/mol. The number of aromatic nitrogens is 2. The Morgan fingerprint density at radius 1 is 1.12 bits per heavy atom. The predicted molar refractivity (Wildman–Crippen MR) is 129 cm³/mol. The van der Waals surface area contributed by atoms with Crippen molar-refractivity contribution in [3.8, 4) is 0 Å². The lowest BCUT2D eigenvalue weighted by atomic mass is 9.82. The van der Waals surface area contributed by atoms with Gasteiger partial charge < -0.3 is 15.0 Å². The molecule has 2 aromatic rings. The monoisotopic (exact) mass is 440 g/mol. The van der Waals surface area contributed by atoms with Crippen LogP contribution in [0.4, 0.5) is 4.79 Å². The van der Waals surface area contributed by atoms with Crippen molar-refractivity contribution in [3.05, 3.63) is 53.9 Å². The zero-order chi connectivity index (χ0) is 22.8. The number of hydrogen-bond acceptors (Lipinski definition) is 3. The zero-order valence-electron chi connectivity index (χ0n) is 19.9. The third-order valence-electron chi connectivity index (χ3n) is 6.74. The zero-order valence-corrected chi connectivity index (χ0v) is 19.9. The van der Waals surface area contributed by atoms with Gasteiger partial charge in [-0.05, 0) is 63.0 Å². The molecule has 4 rings (SSSR count). The molecule has 6 nitrogen and oxygen atoms in total. The maximum atomic E-state index is 12.7. The van der Waals surface area contributed by atoms with Crippen LogP contribution in [0.2, 0.25) is 0 Å². The number of piperidine rings is 1. The van der Waals surface area contributed by atoms with Crippen LogP contribution in [0, 0.1) is 0 Å². The van der Waals surface area contributed by atoms with E-state index in [-0.39, 0.29) is 24.1 Å². The second kappa shape index (κ2) is 12.6. The maximum Gasteiger partial charge on any atom is 0.317 e. The van der Waals surface area contributed by atoms with Crippen LogP contribution < -0.4 is 5.32 Å². The number of likely N-dealkylation sites (tertiary alicyclic amines) is 1. The summed E-state index contributed by atoms with van der Waals surface area (Å²) in [6, 6.07) is 12.9. The van der Waals surface area contributed by atoms with Crippen LogP contribution in [0.1, 0.15) is 82.4 Å². The normalized spacial score (nSPS) is 25.5. The van der Waals surface area contributed by atoms with E-state index in [4.69, 9.17) is 4.74 Å². The van der Waals surface area contributed by atoms with Crippen LogP contribution in [0.25, 0.3) is 0 Å². The van der Waals surface area contributed by atoms with Crippen LogP contribution in [0.3, 0.4) is 0 Å². The molecule has 0 radical (unpaired) electrons. The number of benzene rings is 1. The summed E-state index contributed by atoms with van der Waals surface area (Å²) in [7, 11) is 0. The van der Waals surface area contributed by atoms with Gasteiger partial charge in [0.2, 0.25) is 0 Å². The van der Waals surface area contributed by atoms with Gasteiger partial charge in [-0.3, -0.25) is 5.10 Å².